The molecular formula is C18H24N4S. The number of nitrogens with zero attached hydrogens (tertiary/aromatic N) is 3. The Bertz CT molecular complexity index is 685. The molecule has 0 atom stereocenters. The van der Waals surface area contributed by atoms with Crippen molar-refractivity contribution in [1.29, 1.82) is 0 Å². The number of aliphatic imine (C=N–C) groups is 1. The Hall–Kier alpha value is -1.88. The predicted molar refractivity (Wildman–Crippen MR) is 97.0 cm³/mol. The Kier molecular flexibility index (Phi) is 4.96. The minimum Gasteiger partial charge on any atom is -0.356 e. The van der Waals surface area contributed by atoms with Crippen molar-refractivity contribution in [2.75, 3.05) is 13.1 Å². The molecule has 1 N–H and O–H groups in total. The van der Waals surface area contributed by atoms with Gasteiger partial charge in [-0.25, -0.2) is 9.98 Å². The third kappa shape index (κ3) is 3.72. The van der Waals surface area contributed by atoms with E-state index >= 15 is 0 Å². The molecule has 0 spiro atoms. The molecule has 0 amide bonds. The summed E-state index contributed by atoms with van der Waals surface area (Å²) < 4.78 is 0. The molecule has 2 heterocycles. The number of nitrogens with one attached hydrogen (secondary N) is 1. The Morgan fingerprint density at radius 3 is 2.78 bits per heavy atom. The van der Waals surface area contributed by atoms with Crippen LogP contribution in [0.2, 0.25) is 0 Å². The zero-order valence-electron chi connectivity index (χ0n) is 14.1. The summed E-state index contributed by atoms with van der Waals surface area (Å²) in [7, 11) is 0. The number of fused-ring (bicyclic) bond motifs is 1. The molecule has 0 bridgehead atoms. The van der Waals surface area contributed by atoms with Crippen LogP contribution in [0.4, 0.5) is 0 Å². The molecule has 0 unspecified atom stereocenters. The highest BCUT2D eigenvalue weighted by Gasteiger charge is 2.18. The van der Waals surface area contributed by atoms with Gasteiger partial charge < -0.3 is 10.2 Å². The van der Waals surface area contributed by atoms with Crippen LogP contribution in [0.25, 0.3) is 0 Å². The molecule has 23 heavy (non-hydrogen) atoms. The predicted octanol–water partition coefficient (Wildman–Crippen LogP) is 3.28. The lowest BCUT2D eigenvalue weighted by Gasteiger charge is -2.31. The van der Waals surface area contributed by atoms with Crippen LogP contribution in [0.3, 0.4) is 0 Å². The fourth-order valence-corrected chi connectivity index (χ4v) is 3.71. The molecule has 0 saturated heterocycles. The van der Waals surface area contributed by atoms with E-state index in [4.69, 9.17) is 4.99 Å². The highest BCUT2D eigenvalue weighted by Crippen LogP contribution is 2.20. The van der Waals surface area contributed by atoms with Crippen molar-refractivity contribution in [2.45, 2.75) is 40.3 Å². The van der Waals surface area contributed by atoms with Gasteiger partial charge in [-0.15, -0.1) is 11.3 Å². The number of hydrogen-bond acceptors (Lipinski definition) is 3. The summed E-state index contributed by atoms with van der Waals surface area (Å²) in [4.78, 5) is 13.0. The average Bonchev–Trinajstić information content (AvgIpc) is 2.89. The smallest absolute Gasteiger partial charge is 0.194 e. The van der Waals surface area contributed by atoms with Gasteiger partial charge in [-0.1, -0.05) is 24.3 Å². The Balaban J connectivity index is 1.75. The number of guanidine groups is 1. The lowest BCUT2D eigenvalue weighted by Crippen LogP contribution is -2.44. The van der Waals surface area contributed by atoms with Crippen molar-refractivity contribution in [3.8, 4) is 0 Å². The van der Waals surface area contributed by atoms with Crippen LogP contribution in [0, 0.1) is 13.8 Å². The fraction of sp³-hybridized carbons (Fsp3) is 0.444. The monoisotopic (exact) mass is 328 g/mol. The van der Waals surface area contributed by atoms with Crippen molar-refractivity contribution in [3.63, 3.8) is 0 Å². The highest BCUT2D eigenvalue weighted by molar-refractivity contribution is 7.11. The van der Waals surface area contributed by atoms with E-state index in [0.29, 0.717) is 6.54 Å². The van der Waals surface area contributed by atoms with E-state index in [1.807, 2.05) is 0 Å². The fourth-order valence-electron chi connectivity index (χ4n) is 2.85. The number of benzene rings is 1. The van der Waals surface area contributed by atoms with Gasteiger partial charge in [-0.05, 0) is 38.3 Å². The van der Waals surface area contributed by atoms with Crippen LogP contribution in [0.5, 0.6) is 0 Å². The van der Waals surface area contributed by atoms with E-state index in [2.05, 4.69) is 60.2 Å². The van der Waals surface area contributed by atoms with Gasteiger partial charge in [0.2, 0.25) is 0 Å². The normalized spacial score (nSPS) is 14.7. The zero-order chi connectivity index (χ0) is 16.2. The van der Waals surface area contributed by atoms with Gasteiger partial charge >= 0.3 is 0 Å². The van der Waals surface area contributed by atoms with Crippen LogP contribution in [-0.4, -0.2) is 28.9 Å². The minimum atomic E-state index is 0.653. The first-order valence-corrected chi connectivity index (χ1v) is 9.02. The second-order valence-corrected chi connectivity index (χ2v) is 7.15. The van der Waals surface area contributed by atoms with Gasteiger partial charge in [0.15, 0.2) is 5.96 Å². The molecular weight excluding hydrogens is 304 g/mol. The molecule has 1 aliphatic rings. The van der Waals surface area contributed by atoms with Crippen molar-refractivity contribution in [3.05, 3.63) is 51.0 Å². The molecule has 1 aliphatic heterocycles. The SMILES string of the molecule is CCNC(=NCc1nc(C)c(C)s1)N1CCc2ccccc2C1. The molecule has 0 saturated carbocycles. The van der Waals surface area contributed by atoms with Gasteiger partial charge in [0, 0.05) is 24.5 Å². The number of rotatable bonds is 3. The molecule has 5 heteroatoms. The second-order valence-electron chi connectivity index (χ2n) is 5.86. The van der Waals surface area contributed by atoms with Crippen molar-refractivity contribution >= 4 is 17.3 Å². The first-order chi connectivity index (χ1) is 11.2. The first kappa shape index (κ1) is 16.0. The third-order valence-corrected chi connectivity index (χ3v) is 5.26. The maximum atomic E-state index is 4.81. The van der Waals surface area contributed by atoms with Crippen molar-refractivity contribution in [2.24, 2.45) is 4.99 Å². The van der Waals surface area contributed by atoms with Gasteiger partial charge in [0.1, 0.15) is 5.01 Å². The topological polar surface area (TPSA) is 40.5 Å². The van der Waals surface area contributed by atoms with Gasteiger partial charge in [0.25, 0.3) is 0 Å². The van der Waals surface area contributed by atoms with E-state index in [9.17, 15) is 0 Å². The molecule has 2 aromatic rings. The molecule has 122 valence electrons. The minimum absolute atomic E-state index is 0.653. The Morgan fingerprint density at radius 1 is 1.30 bits per heavy atom. The van der Waals surface area contributed by atoms with Crippen LogP contribution in [0.1, 0.15) is 33.6 Å². The molecule has 4 nitrogen and oxygen atoms in total. The third-order valence-electron chi connectivity index (χ3n) is 4.20. The largest absolute Gasteiger partial charge is 0.356 e. The number of aromatic nitrogens is 1. The van der Waals surface area contributed by atoms with Gasteiger partial charge in [-0.2, -0.15) is 0 Å². The summed E-state index contributed by atoms with van der Waals surface area (Å²) in [6, 6.07) is 8.70. The van der Waals surface area contributed by atoms with Crippen LogP contribution >= 0.6 is 11.3 Å². The quantitative estimate of drug-likeness (QED) is 0.694. The van der Waals surface area contributed by atoms with E-state index in [1.54, 1.807) is 11.3 Å². The summed E-state index contributed by atoms with van der Waals surface area (Å²) in [5.41, 5.74) is 3.99. The van der Waals surface area contributed by atoms with Crippen LogP contribution < -0.4 is 5.32 Å². The summed E-state index contributed by atoms with van der Waals surface area (Å²) >= 11 is 1.75. The Labute approximate surface area is 142 Å². The van der Waals surface area contributed by atoms with Crippen molar-refractivity contribution < 1.29 is 0 Å². The summed E-state index contributed by atoms with van der Waals surface area (Å²) in [5.74, 6) is 0.993. The lowest BCUT2D eigenvalue weighted by molar-refractivity contribution is 0.378. The average molecular weight is 328 g/mol. The maximum absolute atomic E-state index is 4.81. The number of aryl methyl sites for hydroxylation is 2. The first-order valence-electron chi connectivity index (χ1n) is 8.20. The van der Waals surface area contributed by atoms with E-state index in [1.165, 1.54) is 16.0 Å². The van der Waals surface area contributed by atoms with Gasteiger partial charge in [0.05, 0.1) is 12.2 Å². The van der Waals surface area contributed by atoms with E-state index in [0.717, 1.165) is 42.7 Å². The maximum Gasteiger partial charge on any atom is 0.194 e. The number of hydrogen-bond donors (Lipinski definition) is 1. The highest BCUT2D eigenvalue weighted by atomic mass is 32.1. The lowest BCUT2D eigenvalue weighted by atomic mass is 10.0. The number of thiazole rings is 1. The summed E-state index contributed by atoms with van der Waals surface area (Å²) in [6.45, 7) is 9.77. The second kappa shape index (κ2) is 7.13. The molecule has 0 radical (unpaired) electrons. The summed E-state index contributed by atoms with van der Waals surface area (Å²) in [6.07, 6.45) is 1.08. The molecule has 1 aromatic heterocycles. The molecule has 0 fully saturated rings. The van der Waals surface area contributed by atoms with Crippen LogP contribution in [-0.2, 0) is 19.5 Å². The molecule has 0 aliphatic carbocycles. The van der Waals surface area contributed by atoms with Crippen LogP contribution in [0.15, 0.2) is 29.3 Å². The van der Waals surface area contributed by atoms with E-state index in [-0.39, 0.29) is 0 Å². The Morgan fingerprint density at radius 2 is 2.09 bits per heavy atom. The molecule has 3 rings (SSSR count). The standard InChI is InChI=1S/C18H24N4S/c1-4-19-18(20-11-17-21-13(2)14(3)23-17)22-10-9-15-7-5-6-8-16(15)12-22/h5-8H,4,9-12H2,1-3H3,(H,19,20). The summed E-state index contributed by atoms with van der Waals surface area (Å²) in [5, 5.41) is 4.52. The van der Waals surface area contributed by atoms with Crippen molar-refractivity contribution in [1.82, 2.24) is 15.2 Å². The van der Waals surface area contributed by atoms with E-state index < -0.39 is 0 Å². The molecule has 1 aromatic carbocycles. The zero-order valence-corrected chi connectivity index (χ0v) is 14.9. The van der Waals surface area contributed by atoms with Gasteiger partial charge in [-0.3, -0.25) is 0 Å².